The third-order valence-corrected chi connectivity index (χ3v) is 7.02. The van der Waals surface area contributed by atoms with Crippen molar-refractivity contribution in [3.05, 3.63) is 0 Å². The average Bonchev–Trinajstić information content (AvgIpc) is 2.36. The number of hydrogen-bond acceptors (Lipinski definition) is 4. The van der Waals surface area contributed by atoms with E-state index in [1.807, 2.05) is 11.8 Å². The number of sulfone groups is 1. The molecule has 0 aromatic heterocycles. The molecule has 0 bridgehead atoms. The largest absolute Gasteiger partial charge is 0.388 e. The van der Waals surface area contributed by atoms with Crippen LogP contribution >= 0.6 is 24.0 Å². The zero-order chi connectivity index (χ0) is 15.7. The fraction of sp³-hybridized carbons (Fsp3) is 0.929. The van der Waals surface area contributed by atoms with Crippen molar-refractivity contribution in [2.75, 3.05) is 31.9 Å². The molecule has 1 aliphatic carbocycles. The summed E-state index contributed by atoms with van der Waals surface area (Å²) in [5.41, 5.74) is -0.655. The number of nitrogens with zero attached hydrogens (tertiary/aromatic N) is 2. The molecule has 1 heterocycles. The van der Waals surface area contributed by atoms with Gasteiger partial charge in [-0.25, -0.2) is 8.42 Å². The SMILES string of the molecule is CCNC(=NCC1(O)CCC1)N1CCS(=O)(=O)C(C)(C)C1.I. The molecule has 0 aromatic rings. The van der Waals surface area contributed by atoms with Gasteiger partial charge < -0.3 is 15.3 Å². The van der Waals surface area contributed by atoms with Crippen LogP contribution in [0.1, 0.15) is 40.0 Å². The number of aliphatic imine (C=N–C) groups is 1. The Hall–Kier alpha value is -0.0900. The van der Waals surface area contributed by atoms with Gasteiger partial charge in [0.05, 0.1) is 22.6 Å². The van der Waals surface area contributed by atoms with E-state index in [1.54, 1.807) is 13.8 Å². The van der Waals surface area contributed by atoms with Crippen molar-refractivity contribution in [1.29, 1.82) is 0 Å². The molecule has 1 saturated heterocycles. The molecule has 2 aliphatic rings. The van der Waals surface area contributed by atoms with Gasteiger partial charge in [-0.1, -0.05) is 0 Å². The van der Waals surface area contributed by atoms with Gasteiger partial charge in [0.15, 0.2) is 15.8 Å². The Bertz CT molecular complexity index is 515. The monoisotopic (exact) mass is 445 g/mol. The van der Waals surface area contributed by atoms with Crippen molar-refractivity contribution in [3.8, 4) is 0 Å². The minimum atomic E-state index is -3.05. The van der Waals surface area contributed by atoms with Gasteiger partial charge in [-0.05, 0) is 40.0 Å². The fourth-order valence-electron chi connectivity index (χ4n) is 2.72. The van der Waals surface area contributed by atoms with Crippen molar-refractivity contribution in [2.24, 2.45) is 4.99 Å². The number of hydrogen-bond donors (Lipinski definition) is 2. The lowest BCUT2D eigenvalue weighted by molar-refractivity contribution is -0.0237. The second-order valence-corrected chi connectivity index (χ2v) is 9.49. The van der Waals surface area contributed by atoms with E-state index < -0.39 is 20.2 Å². The van der Waals surface area contributed by atoms with Crippen LogP contribution in [0.3, 0.4) is 0 Å². The molecule has 0 aromatic carbocycles. The lowest BCUT2D eigenvalue weighted by Gasteiger charge is -2.40. The van der Waals surface area contributed by atoms with Crippen LogP contribution in [-0.2, 0) is 9.84 Å². The van der Waals surface area contributed by atoms with Crippen LogP contribution in [-0.4, -0.2) is 66.7 Å². The molecule has 0 unspecified atom stereocenters. The lowest BCUT2D eigenvalue weighted by Crippen LogP contribution is -2.57. The van der Waals surface area contributed by atoms with Gasteiger partial charge in [0, 0.05) is 19.6 Å². The van der Waals surface area contributed by atoms with Gasteiger partial charge in [-0.3, -0.25) is 4.99 Å². The number of rotatable bonds is 3. The van der Waals surface area contributed by atoms with Crippen molar-refractivity contribution < 1.29 is 13.5 Å². The van der Waals surface area contributed by atoms with Crippen molar-refractivity contribution >= 4 is 39.8 Å². The van der Waals surface area contributed by atoms with E-state index in [2.05, 4.69) is 10.3 Å². The summed E-state index contributed by atoms with van der Waals surface area (Å²) < 4.78 is 23.4. The number of halogens is 1. The van der Waals surface area contributed by atoms with Crippen molar-refractivity contribution in [3.63, 3.8) is 0 Å². The van der Waals surface area contributed by atoms with Gasteiger partial charge in [0.25, 0.3) is 0 Å². The maximum absolute atomic E-state index is 12.1. The van der Waals surface area contributed by atoms with Gasteiger partial charge >= 0.3 is 0 Å². The molecule has 6 nitrogen and oxygen atoms in total. The third kappa shape index (κ3) is 4.25. The topological polar surface area (TPSA) is 82.0 Å². The Morgan fingerprint density at radius 3 is 2.45 bits per heavy atom. The molecule has 0 atom stereocenters. The molecule has 1 saturated carbocycles. The summed E-state index contributed by atoms with van der Waals surface area (Å²) in [5, 5.41) is 13.4. The molecule has 2 fully saturated rings. The molecule has 2 N–H and O–H groups in total. The van der Waals surface area contributed by atoms with Gasteiger partial charge in [-0.15, -0.1) is 24.0 Å². The second kappa shape index (κ2) is 7.21. The number of aliphatic hydroxyl groups is 1. The van der Waals surface area contributed by atoms with Gasteiger partial charge in [0.2, 0.25) is 0 Å². The van der Waals surface area contributed by atoms with E-state index in [1.165, 1.54) is 0 Å². The zero-order valence-corrected chi connectivity index (χ0v) is 16.8. The van der Waals surface area contributed by atoms with Crippen LogP contribution in [0.2, 0.25) is 0 Å². The molecule has 0 radical (unpaired) electrons. The number of nitrogens with one attached hydrogen (secondary N) is 1. The molecular weight excluding hydrogens is 417 g/mol. The van der Waals surface area contributed by atoms with E-state index >= 15 is 0 Å². The highest BCUT2D eigenvalue weighted by molar-refractivity contribution is 14.0. The summed E-state index contributed by atoms with van der Waals surface area (Å²) in [7, 11) is -3.05. The average molecular weight is 445 g/mol. The molecule has 8 heteroatoms. The highest BCUT2D eigenvalue weighted by Gasteiger charge is 2.41. The van der Waals surface area contributed by atoms with Crippen LogP contribution in [0.4, 0.5) is 0 Å². The minimum Gasteiger partial charge on any atom is -0.388 e. The lowest BCUT2D eigenvalue weighted by atomic mass is 9.80. The Balaban J connectivity index is 0.00000242. The van der Waals surface area contributed by atoms with Gasteiger partial charge in [-0.2, -0.15) is 0 Å². The predicted molar refractivity (Wildman–Crippen MR) is 99.6 cm³/mol. The molecule has 1 aliphatic heterocycles. The summed E-state index contributed by atoms with van der Waals surface area (Å²) in [6, 6.07) is 0. The Morgan fingerprint density at radius 2 is 2.00 bits per heavy atom. The smallest absolute Gasteiger partial charge is 0.194 e. The summed E-state index contributed by atoms with van der Waals surface area (Å²) >= 11 is 0. The van der Waals surface area contributed by atoms with E-state index in [-0.39, 0.29) is 29.7 Å². The van der Waals surface area contributed by atoms with Gasteiger partial charge in [0.1, 0.15) is 0 Å². The predicted octanol–water partition coefficient (Wildman–Crippen LogP) is 0.994. The molecule has 2 rings (SSSR count). The van der Waals surface area contributed by atoms with Crippen LogP contribution in [0.5, 0.6) is 0 Å². The first-order valence-electron chi connectivity index (χ1n) is 7.67. The Labute approximate surface area is 150 Å². The second-order valence-electron chi connectivity index (χ2n) is 6.75. The Kier molecular flexibility index (Phi) is 6.54. The first kappa shape index (κ1) is 20.0. The van der Waals surface area contributed by atoms with Crippen molar-refractivity contribution in [2.45, 2.75) is 50.4 Å². The maximum Gasteiger partial charge on any atom is 0.194 e. The maximum atomic E-state index is 12.1. The van der Waals surface area contributed by atoms with Crippen molar-refractivity contribution in [1.82, 2.24) is 10.2 Å². The zero-order valence-electron chi connectivity index (χ0n) is 13.6. The quantitative estimate of drug-likeness (QED) is 0.385. The molecule has 0 spiro atoms. The minimum absolute atomic E-state index is 0. The van der Waals surface area contributed by atoms with E-state index in [9.17, 15) is 13.5 Å². The van der Waals surface area contributed by atoms with Crippen LogP contribution < -0.4 is 5.32 Å². The summed E-state index contributed by atoms with van der Waals surface area (Å²) in [5.74, 6) is 0.857. The summed E-state index contributed by atoms with van der Waals surface area (Å²) in [6.07, 6.45) is 2.66. The van der Waals surface area contributed by atoms with Crippen LogP contribution in [0.25, 0.3) is 0 Å². The summed E-state index contributed by atoms with van der Waals surface area (Å²) in [6.45, 7) is 7.50. The third-order valence-electron chi connectivity index (χ3n) is 4.49. The first-order chi connectivity index (χ1) is 9.69. The Morgan fingerprint density at radius 1 is 1.36 bits per heavy atom. The highest BCUT2D eigenvalue weighted by Crippen LogP contribution is 2.31. The van der Waals surface area contributed by atoms with Crippen LogP contribution in [0.15, 0.2) is 4.99 Å². The molecular formula is C14H28IN3O3S. The first-order valence-corrected chi connectivity index (χ1v) is 9.32. The number of guanidine groups is 1. The highest BCUT2D eigenvalue weighted by atomic mass is 127. The van der Waals surface area contributed by atoms with E-state index in [0.717, 1.165) is 25.8 Å². The summed E-state index contributed by atoms with van der Waals surface area (Å²) in [4.78, 5) is 6.52. The van der Waals surface area contributed by atoms with Crippen LogP contribution in [0, 0.1) is 0 Å². The van der Waals surface area contributed by atoms with E-state index in [4.69, 9.17) is 0 Å². The molecule has 0 amide bonds. The standard InChI is InChI=1S/C14H27N3O3S.HI/c1-4-15-12(16-10-14(18)6-5-7-14)17-8-9-21(19,20)13(2,3)11-17;/h18H,4-11H2,1-3H3,(H,15,16);1H. The molecule has 130 valence electrons. The normalized spacial score (nSPS) is 25.8. The molecule has 22 heavy (non-hydrogen) atoms. The van der Waals surface area contributed by atoms with E-state index in [0.29, 0.717) is 25.6 Å². The fourth-order valence-corrected chi connectivity index (χ4v) is 4.08.